The molecule has 1 aliphatic heterocycles. The number of anilines is 1. The molecule has 3 rings (SSSR count). The Balaban J connectivity index is 1.59. The molecule has 2 aromatic rings. The van der Waals surface area contributed by atoms with Gasteiger partial charge in [-0.3, -0.25) is 19.3 Å². The first-order valence-electron chi connectivity index (χ1n) is 8.27. The highest BCUT2D eigenvalue weighted by Crippen LogP contribution is 2.24. The number of carbonyl (C=O) groups excluding carboxylic acids is 3. The van der Waals surface area contributed by atoms with E-state index in [2.05, 4.69) is 0 Å². The maximum Gasteiger partial charge on any atom is 0.261 e. The zero-order chi connectivity index (χ0) is 18.0. The summed E-state index contributed by atoms with van der Waals surface area (Å²) in [6.45, 7) is 2.14. The van der Waals surface area contributed by atoms with E-state index < -0.39 is 0 Å². The highest BCUT2D eigenvalue weighted by atomic mass is 16.2. The van der Waals surface area contributed by atoms with E-state index in [9.17, 15) is 14.4 Å². The largest absolute Gasteiger partial charge is 0.316 e. The monoisotopic (exact) mass is 336 g/mol. The third-order valence-corrected chi connectivity index (χ3v) is 4.42. The van der Waals surface area contributed by atoms with Gasteiger partial charge < -0.3 is 4.90 Å². The molecule has 25 heavy (non-hydrogen) atoms. The summed E-state index contributed by atoms with van der Waals surface area (Å²) < 4.78 is 0. The summed E-state index contributed by atoms with van der Waals surface area (Å²) in [6, 6.07) is 14.6. The van der Waals surface area contributed by atoms with E-state index in [0.717, 1.165) is 11.3 Å². The average Bonchev–Trinajstić information content (AvgIpc) is 2.86. The molecule has 0 radical (unpaired) electrons. The molecule has 0 aromatic heterocycles. The van der Waals surface area contributed by atoms with Crippen LogP contribution in [0.5, 0.6) is 0 Å². The van der Waals surface area contributed by atoms with Crippen molar-refractivity contribution in [3.8, 4) is 0 Å². The molecule has 0 saturated heterocycles. The van der Waals surface area contributed by atoms with Crippen LogP contribution >= 0.6 is 0 Å². The fourth-order valence-corrected chi connectivity index (χ4v) is 2.96. The van der Waals surface area contributed by atoms with Crippen LogP contribution in [0.4, 0.5) is 5.69 Å². The molecule has 5 heteroatoms. The number of hydrogen-bond donors (Lipinski definition) is 0. The van der Waals surface area contributed by atoms with Crippen molar-refractivity contribution in [1.82, 2.24) is 4.90 Å². The van der Waals surface area contributed by atoms with Gasteiger partial charge in [0.05, 0.1) is 11.1 Å². The smallest absolute Gasteiger partial charge is 0.261 e. The Hall–Kier alpha value is -2.95. The number of amides is 3. The van der Waals surface area contributed by atoms with E-state index in [0.29, 0.717) is 17.5 Å². The molecule has 0 atom stereocenters. The molecule has 5 nitrogen and oxygen atoms in total. The maximum absolute atomic E-state index is 12.4. The molecule has 3 amide bonds. The number of carbonyl (C=O) groups is 3. The van der Waals surface area contributed by atoms with Crippen LogP contribution in [0, 0.1) is 6.92 Å². The molecule has 128 valence electrons. The summed E-state index contributed by atoms with van der Waals surface area (Å²) in [4.78, 5) is 39.9. The lowest BCUT2D eigenvalue weighted by atomic mass is 10.1. The standard InChI is InChI=1S/C20H20N2O3/c1-14-10-11-16-17(13-14)20(25)22(19(16)24)12-6-9-18(23)21(2)15-7-4-3-5-8-15/h3-5,7-8,10-11,13H,6,9,12H2,1-2H3. The van der Waals surface area contributed by atoms with Gasteiger partial charge in [-0.2, -0.15) is 0 Å². The van der Waals surface area contributed by atoms with Crippen molar-refractivity contribution >= 4 is 23.4 Å². The average molecular weight is 336 g/mol. The molecule has 0 saturated carbocycles. The summed E-state index contributed by atoms with van der Waals surface area (Å²) in [5, 5.41) is 0. The number of rotatable bonds is 5. The number of hydrogen-bond acceptors (Lipinski definition) is 3. The molecule has 0 fully saturated rings. The lowest BCUT2D eigenvalue weighted by molar-refractivity contribution is -0.118. The van der Waals surface area contributed by atoms with Crippen molar-refractivity contribution in [2.45, 2.75) is 19.8 Å². The zero-order valence-electron chi connectivity index (χ0n) is 14.4. The first-order valence-corrected chi connectivity index (χ1v) is 8.27. The van der Waals surface area contributed by atoms with Crippen LogP contribution in [0.3, 0.4) is 0 Å². The lowest BCUT2D eigenvalue weighted by Crippen LogP contribution is -2.32. The maximum atomic E-state index is 12.4. The minimum absolute atomic E-state index is 0.0429. The SMILES string of the molecule is Cc1ccc2c(c1)C(=O)N(CCCC(=O)N(C)c1ccccc1)C2=O. The van der Waals surface area contributed by atoms with E-state index >= 15 is 0 Å². The molecule has 0 N–H and O–H groups in total. The van der Waals surface area contributed by atoms with Crippen LogP contribution in [0.1, 0.15) is 39.1 Å². The third kappa shape index (κ3) is 3.31. The van der Waals surface area contributed by atoms with Crippen LogP contribution in [-0.2, 0) is 4.79 Å². The van der Waals surface area contributed by atoms with Gasteiger partial charge in [0, 0.05) is 25.7 Å². The van der Waals surface area contributed by atoms with E-state index in [1.807, 2.05) is 43.3 Å². The molecule has 0 unspecified atom stereocenters. The first-order chi connectivity index (χ1) is 12.0. The summed E-state index contributed by atoms with van der Waals surface area (Å²) in [5.41, 5.74) is 2.67. The van der Waals surface area contributed by atoms with Gasteiger partial charge in [-0.05, 0) is 37.6 Å². The Morgan fingerprint density at radius 3 is 2.40 bits per heavy atom. The first kappa shape index (κ1) is 16.9. The minimum atomic E-state index is -0.274. The molecular formula is C20H20N2O3. The Bertz CT molecular complexity index is 830. The summed E-state index contributed by atoms with van der Waals surface area (Å²) in [5.74, 6) is -0.588. The van der Waals surface area contributed by atoms with Crippen LogP contribution in [0.25, 0.3) is 0 Å². The van der Waals surface area contributed by atoms with E-state index in [1.165, 1.54) is 4.90 Å². The summed E-state index contributed by atoms with van der Waals surface area (Å²) in [7, 11) is 1.72. The fraction of sp³-hybridized carbons (Fsp3) is 0.250. The zero-order valence-corrected chi connectivity index (χ0v) is 14.4. The van der Waals surface area contributed by atoms with Crippen molar-refractivity contribution in [1.29, 1.82) is 0 Å². The van der Waals surface area contributed by atoms with Gasteiger partial charge in [-0.1, -0.05) is 29.8 Å². The van der Waals surface area contributed by atoms with Gasteiger partial charge in [-0.25, -0.2) is 0 Å². The van der Waals surface area contributed by atoms with Crippen molar-refractivity contribution < 1.29 is 14.4 Å². The second kappa shape index (κ2) is 6.89. The van der Waals surface area contributed by atoms with Gasteiger partial charge in [0.15, 0.2) is 0 Å². The quantitative estimate of drug-likeness (QED) is 0.789. The molecule has 1 aliphatic rings. The molecule has 0 spiro atoms. The van der Waals surface area contributed by atoms with Crippen LogP contribution in [-0.4, -0.2) is 36.2 Å². The van der Waals surface area contributed by atoms with Gasteiger partial charge in [0.1, 0.15) is 0 Å². The van der Waals surface area contributed by atoms with Gasteiger partial charge >= 0.3 is 0 Å². The predicted molar refractivity (Wildman–Crippen MR) is 95.6 cm³/mol. The van der Waals surface area contributed by atoms with Crippen molar-refractivity contribution in [3.63, 3.8) is 0 Å². The predicted octanol–water partition coefficient (Wildman–Crippen LogP) is 3.03. The highest BCUT2D eigenvalue weighted by molar-refractivity contribution is 6.21. The Morgan fingerprint density at radius 2 is 1.68 bits per heavy atom. The van der Waals surface area contributed by atoms with Gasteiger partial charge in [0.2, 0.25) is 5.91 Å². The molecular weight excluding hydrogens is 316 g/mol. The summed E-state index contributed by atoms with van der Waals surface area (Å²) >= 11 is 0. The second-order valence-electron chi connectivity index (χ2n) is 6.20. The second-order valence-corrected chi connectivity index (χ2v) is 6.20. The van der Waals surface area contributed by atoms with Gasteiger partial charge in [0.25, 0.3) is 11.8 Å². The number of para-hydroxylation sites is 1. The number of fused-ring (bicyclic) bond motifs is 1. The van der Waals surface area contributed by atoms with E-state index in [-0.39, 0.29) is 30.7 Å². The van der Waals surface area contributed by atoms with E-state index in [1.54, 1.807) is 24.1 Å². The third-order valence-electron chi connectivity index (χ3n) is 4.42. The number of nitrogens with zero attached hydrogens (tertiary/aromatic N) is 2. The van der Waals surface area contributed by atoms with Crippen molar-refractivity contribution in [3.05, 3.63) is 65.2 Å². The fourth-order valence-electron chi connectivity index (χ4n) is 2.96. The Labute approximate surface area is 146 Å². The van der Waals surface area contributed by atoms with Crippen molar-refractivity contribution in [2.75, 3.05) is 18.5 Å². The topological polar surface area (TPSA) is 57.7 Å². The number of imide groups is 1. The number of benzene rings is 2. The molecule has 2 aromatic carbocycles. The van der Waals surface area contributed by atoms with Crippen LogP contribution in [0.15, 0.2) is 48.5 Å². The van der Waals surface area contributed by atoms with E-state index in [4.69, 9.17) is 0 Å². The summed E-state index contributed by atoms with van der Waals surface area (Å²) in [6.07, 6.45) is 0.721. The van der Waals surface area contributed by atoms with Crippen LogP contribution < -0.4 is 4.90 Å². The lowest BCUT2D eigenvalue weighted by Gasteiger charge is -2.18. The van der Waals surface area contributed by atoms with Gasteiger partial charge in [-0.15, -0.1) is 0 Å². The Morgan fingerprint density at radius 1 is 1.00 bits per heavy atom. The molecule has 0 aliphatic carbocycles. The normalized spacial score (nSPS) is 13.1. The number of aryl methyl sites for hydroxylation is 1. The van der Waals surface area contributed by atoms with Crippen LogP contribution in [0.2, 0.25) is 0 Å². The van der Waals surface area contributed by atoms with Crippen molar-refractivity contribution in [2.24, 2.45) is 0 Å². The highest BCUT2D eigenvalue weighted by Gasteiger charge is 2.35. The molecule has 0 bridgehead atoms. The Kier molecular flexibility index (Phi) is 4.65. The minimum Gasteiger partial charge on any atom is -0.316 e. The molecule has 1 heterocycles.